The van der Waals surface area contributed by atoms with E-state index in [0.29, 0.717) is 24.2 Å². The maximum Gasteiger partial charge on any atom is 0.338 e. The number of rotatable bonds is 8. The summed E-state index contributed by atoms with van der Waals surface area (Å²) in [5.74, 6) is -1.33. The van der Waals surface area contributed by atoms with Gasteiger partial charge in [-0.1, -0.05) is 12.1 Å². The Morgan fingerprint density at radius 3 is 2.61 bits per heavy atom. The number of hydrogen-bond donors (Lipinski definition) is 2. The summed E-state index contributed by atoms with van der Waals surface area (Å²) >= 11 is 0. The van der Waals surface area contributed by atoms with Gasteiger partial charge in [0, 0.05) is 18.4 Å². The Kier molecular flexibility index (Phi) is 7.73. The average molecular weight is 381 g/mol. The van der Waals surface area contributed by atoms with Gasteiger partial charge in [-0.25, -0.2) is 9.18 Å². The molecule has 0 saturated carbocycles. The van der Waals surface area contributed by atoms with Crippen molar-refractivity contribution in [1.82, 2.24) is 5.32 Å². The number of halogens is 1. The molecule has 0 aliphatic heterocycles. The average Bonchev–Trinajstić information content (AvgIpc) is 2.68. The lowest BCUT2D eigenvalue weighted by molar-refractivity contribution is -0.112. The van der Waals surface area contributed by atoms with Gasteiger partial charge < -0.3 is 15.4 Å². The molecular formula is C21H20FN3O3. The van der Waals surface area contributed by atoms with Crippen molar-refractivity contribution in [2.45, 2.75) is 13.3 Å². The van der Waals surface area contributed by atoms with E-state index in [-0.39, 0.29) is 18.0 Å². The van der Waals surface area contributed by atoms with Gasteiger partial charge in [0.15, 0.2) is 0 Å². The fourth-order valence-corrected chi connectivity index (χ4v) is 2.33. The molecule has 6 nitrogen and oxygen atoms in total. The Morgan fingerprint density at radius 2 is 1.96 bits per heavy atom. The molecule has 0 radical (unpaired) electrons. The molecule has 0 fully saturated rings. The molecular weight excluding hydrogens is 361 g/mol. The Hall–Kier alpha value is -3.66. The Balaban J connectivity index is 1.89. The molecule has 0 aliphatic rings. The van der Waals surface area contributed by atoms with Gasteiger partial charge in [-0.15, -0.1) is 0 Å². The van der Waals surface area contributed by atoms with Crippen molar-refractivity contribution in [3.63, 3.8) is 0 Å². The van der Waals surface area contributed by atoms with Crippen LogP contribution in [0.3, 0.4) is 0 Å². The van der Waals surface area contributed by atoms with Gasteiger partial charge in [-0.2, -0.15) is 5.26 Å². The first-order chi connectivity index (χ1) is 13.5. The van der Waals surface area contributed by atoms with Crippen LogP contribution >= 0.6 is 0 Å². The number of hydrogen-bond acceptors (Lipinski definition) is 5. The quantitative estimate of drug-likeness (QED) is 0.317. The molecule has 0 unspecified atom stereocenters. The first-order valence-electron chi connectivity index (χ1n) is 8.70. The molecule has 0 aliphatic carbocycles. The number of nitriles is 1. The molecule has 0 saturated heterocycles. The van der Waals surface area contributed by atoms with E-state index in [1.807, 2.05) is 6.07 Å². The van der Waals surface area contributed by atoms with Gasteiger partial charge in [0.2, 0.25) is 0 Å². The van der Waals surface area contributed by atoms with Crippen molar-refractivity contribution in [2.75, 3.05) is 18.5 Å². The Labute approximate surface area is 162 Å². The summed E-state index contributed by atoms with van der Waals surface area (Å²) in [7, 11) is 0. The highest BCUT2D eigenvalue weighted by Gasteiger charge is 2.10. The number of carbonyl (C=O) groups is 2. The van der Waals surface area contributed by atoms with Crippen molar-refractivity contribution in [3.8, 4) is 6.07 Å². The molecule has 0 bridgehead atoms. The van der Waals surface area contributed by atoms with Crippen LogP contribution in [0.4, 0.5) is 10.1 Å². The summed E-state index contributed by atoms with van der Waals surface area (Å²) in [6.07, 6.45) is 1.87. The fourth-order valence-electron chi connectivity index (χ4n) is 2.33. The molecule has 28 heavy (non-hydrogen) atoms. The smallest absolute Gasteiger partial charge is 0.338 e. The number of nitrogens with zero attached hydrogens (tertiary/aromatic N) is 1. The predicted molar refractivity (Wildman–Crippen MR) is 103 cm³/mol. The van der Waals surface area contributed by atoms with Crippen molar-refractivity contribution in [3.05, 3.63) is 77.2 Å². The molecule has 2 aromatic rings. The third kappa shape index (κ3) is 6.25. The highest BCUT2D eigenvalue weighted by molar-refractivity contribution is 6.06. The van der Waals surface area contributed by atoms with E-state index < -0.39 is 11.9 Å². The number of nitrogens with one attached hydrogen (secondary N) is 2. The molecule has 0 heterocycles. The van der Waals surface area contributed by atoms with E-state index in [1.165, 1.54) is 30.5 Å². The minimum atomic E-state index is -0.579. The molecule has 0 aromatic heterocycles. The van der Waals surface area contributed by atoms with E-state index in [9.17, 15) is 19.2 Å². The third-order valence-electron chi connectivity index (χ3n) is 3.71. The van der Waals surface area contributed by atoms with E-state index in [4.69, 9.17) is 4.74 Å². The zero-order valence-electron chi connectivity index (χ0n) is 15.4. The zero-order valence-corrected chi connectivity index (χ0v) is 15.4. The minimum Gasteiger partial charge on any atom is -0.462 e. The Bertz CT molecular complexity index is 902. The summed E-state index contributed by atoms with van der Waals surface area (Å²) in [6, 6.07) is 14.2. The number of ether oxygens (including phenoxy) is 1. The lowest BCUT2D eigenvalue weighted by Gasteiger charge is -2.07. The lowest BCUT2D eigenvalue weighted by Crippen LogP contribution is -2.18. The molecule has 2 N–H and O–H groups in total. The monoisotopic (exact) mass is 381 g/mol. The Morgan fingerprint density at radius 1 is 1.21 bits per heavy atom. The second-order valence-corrected chi connectivity index (χ2v) is 5.76. The summed E-state index contributed by atoms with van der Waals surface area (Å²) < 4.78 is 18.0. The third-order valence-corrected chi connectivity index (χ3v) is 3.71. The highest BCUT2D eigenvalue weighted by atomic mass is 19.1. The van der Waals surface area contributed by atoms with E-state index in [2.05, 4.69) is 10.6 Å². The van der Waals surface area contributed by atoms with Crippen molar-refractivity contribution in [1.29, 1.82) is 5.26 Å². The first-order valence-corrected chi connectivity index (χ1v) is 8.70. The lowest BCUT2D eigenvalue weighted by atomic mass is 10.1. The van der Waals surface area contributed by atoms with Crippen molar-refractivity contribution >= 4 is 17.6 Å². The summed E-state index contributed by atoms with van der Waals surface area (Å²) in [5, 5.41) is 14.6. The predicted octanol–water partition coefficient (Wildman–Crippen LogP) is 3.18. The first kappa shape index (κ1) is 20.6. The van der Waals surface area contributed by atoms with Crippen molar-refractivity contribution in [2.24, 2.45) is 0 Å². The van der Waals surface area contributed by atoms with Crippen LogP contribution in [-0.2, 0) is 16.0 Å². The molecule has 2 aromatic carbocycles. The standard InChI is InChI=1S/C21H20FN3O3/c1-2-28-21(27)16-6-8-19(9-7-16)25-20(26)17(13-23)14-24-11-10-15-4-3-5-18(22)12-15/h3-9,12,14,24H,2,10-11H2,1H3,(H,25,26)/b17-14-. The van der Waals surface area contributed by atoms with E-state index >= 15 is 0 Å². The van der Waals surface area contributed by atoms with Gasteiger partial charge in [0.05, 0.1) is 12.2 Å². The number of anilines is 1. The van der Waals surface area contributed by atoms with Gasteiger partial charge in [0.25, 0.3) is 5.91 Å². The van der Waals surface area contributed by atoms with Crippen LogP contribution in [0.25, 0.3) is 0 Å². The van der Waals surface area contributed by atoms with E-state index in [0.717, 1.165) is 5.56 Å². The fraction of sp³-hybridized carbons (Fsp3) is 0.190. The van der Waals surface area contributed by atoms with Crippen LogP contribution in [0, 0.1) is 17.1 Å². The number of benzene rings is 2. The van der Waals surface area contributed by atoms with Crippen LogP contribution < -0.4 is 10.6 Å². The number of amides is 1. The molecule has 1 amide bonds. The van der Waals surface area contributed by atoms with Gasteiger partial charge >= 0.3 is 5.97 Å². The SMILES string of the molecule is CCOC(=O)c1ccc(NC(=O)/C(C#N)=C\NCCc2cccc(F)c2)cc1. The second-order valence-electron chi connectivity index (χ2n) is 5.76. The number of carbonyl (C=O) groups excluding carboxylic acids is 2. The maximum absolute atomic E-state index is 13.1. The van der Waals surface area contributed by atoms with Gasteiger partial charge in [-0.05, 0) is 55.3 Å². The molecule has 2 rings (SSSR count). The molecule has 0 atom stereocenters. The number of esters is 1. The summed E-state index contributed by atoms with van der Waals surface area (Å²) in [4.78, 5) is 23.8. The molecule has 7 heteroatoms. The zero-order chi connectivity index (χ0) is 20.4. The normalized spacial score (nSPS) is 10.7. The van der Waals surface area contributed by atoms with Crippen LogP contribution in [-0.4, -0.2) is 25.0 Å². The van der Waals surface area contributed by atoms with Crippen LogP contribution in [0.1, 0.15) is 22.8 Å². The van der Waals surface area contributed by atoms with Crippen LogP contribution in [0.5, 0.6) is 0 Å². The topological polar surface area (TPSA) is 91.2 Å². The van der Waals surface area contributed by atoms with E-state index in [1.54, 1.807) is 31.2 Å². The van der Waals surface area contributed by atoms with Crippen LogP contribution in [0.15, 0.2) is 60.3 Å². The van der Waals surface area contributed by atoms with Gasteiger partial charge in [-0.3, -0.25) is 4.79 Å². The summed E-state index contributed by atoms with van der Waals surface area (Å²) in [5.41, 5.74) is 1.52. The second kappa shape index (κ2) is 10.5. The summed E-state index contributed by atoms with van der Waals surface area (Å²) in [6.45, 7) is 2.43. The minimum absolute atomic E-state index is 0.103. The van der Waals surface area contributed by atoms with Gasteiger partial charge in [0.1, 0.15) is 17.5 Å². The molecule has 0 spiro atoms. The molecule has 144 valence electrons. The van der Waals surface area contributed by atoms with Crippen LogP contribution in [0.2, 0.25) is 0 Å². The maximum atomic E-state index is 13.1. The highest BCUT2D eigenvalue weighted by Crippen LogP contribution is 2.12. The largest absolute Gasteiger partial charge is 0.462 e. The van der Waals surface area contributed by atoms with Crippen molar-refractivity contribution < 1.29 is 18.7 Å².